The molecular weight excluding hydrogens is 248 g/mol. The third-order valence-electron chi connectivity index (χ3n) is 3.18. The van der Waals surface area contributed by atoms with E-state index in [0.29, 0.717) is 19.4 Å². The molecule has 1 fully saturated rings. The van der Waals surface area contributed by atoms with Crippen LogP contribution in [0.15, 0.2) is 0 Å². The number of nitrogens with one attached hydrogen (secondary N) is 1. The second-order valence-electron chi connectivity index (χ2n) is 6.42. The monoisotopic (exact) mass is 272 g/mol. The lowest BCUT2D eigenvalue weighted by molar-refractivity contribution is -0.138. The van der Waals surface area contributed by atoms with E-state index in [1.165, 1.54) is 0 Å². The molecule has 1 rings (SSSR count). The number of carbonyl (C=O) groups is 2. The molecule has 0 aromatic rings. The third kappa shape index (κ3) is 5.92. The molecule has 0 aliphatic heterocycles. The highest BCUT2D eigenvalue weighted by Crippen LogP contribution is 2.34. The van der Waals surface area contributed by atoms with Crippen LogP contribution in [0.4, 0.5) is 4.79 Å². The molecule has 4 N–H and O–H groups in total. The maximum Gasteiger partial charge on any atom is 0.407 e. The molecule has 110 valence electrons. The predicted molar refractivity (Wildman–Crippen MR) is 70.7 cm³/mol. The number of carboxylic acid groups (broad SMARTS) is 1. The number of carbonyl (C=O) groups excluding carboxylic acids is 1. The molecule has 2 unspecified atom stereocenters. The van der Waals surface area contributed by atoms with Crippen LogP contribution in [0.5, 0.6) is 0 Å². The zero-order chi connectivity index (χ0) is 14.7. The Balaban J connectivity index is 2.33. The van der Waals surface area contributed by atoms with E-state index in [1.54, 1.807) is 20.8 Å². The normalized spacial score (nSPS) is 27.1. The standard InChI is InChI=1S/C13H24N2O4/c1-12(2,3)19-11(18)15-8-9-4-5-13(14,6-9)7-10(16)17/h9H,4-8,14H2,1-3H3,(H,15,18)(H,16,17). The van der Waals surface area contributed by atoms with Gasteiger partial charge in [0.25, 0.3) is 0 Å². The van der Waals surface area contributed by atoms with Crippen LogP contribution in [0.1, 0.15) is 46.5 Å². The van der Waals surface area contributed by atoms with Crippen molar-refractivity contribution in [2.75, 3.05) is 6.54 Å². The van der Waals surface area contributed by atoms with Gasteiger partial charge in [-0.3, -0.25) is 4.79 Å². The number of hydrogen-bond acceptors (Lipinski definition) is 4. The minimum atomic E-state index is -0.872. The molecule has 0 spiro atoms. The van der Waals surface area contributed by atoms with E-state index in [0.717, 1.165) is 6.42 Å². The van der Waals surface area contributed by atoms with Crippen LogP contribution >= 0.6 is 0 Å². The second-order valence-corrected chi connectivity index (χ2v) is 6.42. The van der Waals surface area contributed by atoms with Crippen molar-refractivity contribution in [3.63, 3.8) is 0 Å². The zero-order valence-corrected chi connectivity index (χ0v) is 11.9. The van der Waals surface area contributed by atoms with E-state index in [9.17, 15) is 9.59 Å². The topological polar surface area (TPSA) is 102 Å². The summed E-state index contributed by atoms with van der Waals surface area (Å²) in [6.07, 6.45) is 1.67. The molecular formula is C13H24N2O4. The lowest BCUT2D eigenvalue weighted by atomic mass is 9.93. The second kappa shape index (κ2) is 5.77. The first-order valence-corrected chi connectivity index (χ1v) is 6.57. The summed E-state index contributed by atoms with van der Waals surface area (Å²) in [7, 11) is 0. The van der Waals surface area contributed by atoms with Crippen molar-refractivity contribution >= 4 is 12.1 Å². The molecule has 1 saturated carbocycles. The largest absolute Gasteiger partial charge is 0.481 e. The average Bonchev–Trinajstić information content (AvgIpc) is 2.53. The minimum absolute atomic E-state index is 0.0179. The molecule has 0 heterocycles. The van der Waals surface area contributed by atoms with Crippen LogP contribution in [0.25, 0.3) is 0 Å². The summed E-state index contributed by atoms with van der Waals surface area (Å²) < 4.78 is 5.14. The van der Waals surface area contributed by atoms with Gasteiger partial charge in [0.2, 0.25) is 0 Å². The lowest BCUT2D eigenvalue weighted by Crippen LogP contribution is -2.40. The summed E-state index contributed by atoms with van der Waals surface area (Å²) in [6.45, 7) is 5.90. The fraction of sp³-hybridized carbons (Fsp3) is 0.846. The number of hydrogen-bond donors (Lipinski definition) is 3. The Bertz CT molecular complexity index is 351. The summed E-state index contributed by atoms with van der Waals surface area (Å²) >= 11 is 0. The Morgan fingerprint density at radius 3 is 2.63 bits per heavy atom. The first-order valence-electron chi connectivity index (χ1n) is 6.57. The number of nitrogens with two attached hydrogens (primary N) is 1. The third-order valence-corrected chi connectivity index (χ3v) is 3.18. The van der Waals surface area contributed by atoms with Gasteiger partial charge in [-0.2, -0.15) is 0 Å². The molecule has 1 aliphatic carbocycles. The predicted octanol–water partition coefficient (Wildman–Crippen LogP) is 1.48. The van der Waals surface area contributed by atoms with E-state index in [1.807, 2.05) is 0 Å². The van der Waals surface area contributed by atoms with Gasteiger partial charge in [-0.1, -0.05) is 0 Å². The van der Waals surface area contributed by atoms with Crippen LogP contribution in [0.2, 0.25) is 0 Å². The summed E-state index contributed by atoms with van der Waals surface area (Å²) in [4.78, 5) is 22.2. The van der Waals surface area contributed by atoms with Crippen molar-refractivity contribution in [3.05, 3.63) is 0 Å². The highest BCUT2D eigenvalue weighted by Gasteiger charge is 2.37. The molecule has 1 aliphatic rings. The fourth-order valence-corrected chi connectivity index (χ4v) is 2.45. The highest BCUT2D eigenvalue weighted by atomic mass is 16.6. The molecule has 19 heavy (non-hydrogen) atoms. The number of aliphatic carboxylic acids is 1. The lowest BCUT2D eigenvalue weighted by Gasteiger charge is -2.23. The molecule has 1 amide bonds. The molecule has 0 radical (unpaired) electrons. The van der Waals surface area contributed by atoms with Crippen LogP contribution in [0, 0.1) is 5.92 Å². The van der Waals surface area contributed by atoms with Crippen LogP contribution < -0.4 is 11.1 Å². The van der Waals surface area contributed by atoms with Gasteiger partial charge in [0, 0.05) is 12.1 Å². The van der Waals surface area contributed by atoms with Crippen LogP contribution in [-0.2, 0) is 9.53 Å². The summed E-state index contributed by atoms with van der Waals surface area (Å²) in [5.74, 6) is -0.653. The van der Waals surface area contributed by atoms with Crippen molar-refractivity contribution in [1.82, 2.24) is 5.32 Å². The van der Waals surface area contributed by atoms with Crippen molar-refractivity contribution < 1.29 is 19.4 Å². The highest BCUT2D eigenvalue weighted by molar-refractivity contribution is 5.68. The number of rotatable bonds is 4. The molecule has 6 heteroatoms. The maximum atomic E-state index is 11.5. The number of amides is 1. The molecule has 0 aromatic carbocycles. The van der Waals surface area contributed by atoms with Gasteiger partial charge in [-0.05, 0) is 46.0 Å². The Hall–Kier alpha value is -1.30. The van der Waals surface area contributed by atoms with E-state index < -0.39 is 23.2 Å². The van der Waals surface area contributed by atoms with Gasteiger partial charge in [-0.15, -0.1) is 0 Å². The molecule has 0 bridgehead atoms. The van der Waals surface area contributed by atoms with E-state index >= 15 is 0 Å². The quantitative estimate of drug-likeness (QED) is 0.719. The average molecular weight is 272 g/mol. The summed E-state index contributed by atoms with van der Waals surface area (Å²) in [6, 6.07) is 0. The Morgan fingerprint density at radius 2 is 2.11 bits per heavy atom. The maximum absolute atomic E-state index is 11.5. The van der Waals surface area contributed by atoms with Gasteiger partial charge in [0.05, 0.1) is 6.42 Å². The SMILES string of the molecule is CC(C)(C)OC(=O)NCC1CCC(N)(CC(=O)O)C1. The van der Waals surface area contributed by atoms with E-state index in [2.05, 4.69) is 5.32 Å². The Kier molecular flexibility index (Phi) is 4.79. The number of alkyl carbamates (subject to hydrolysis) is 1. The Labute approximate surface area is 113 Å². The van der Waals surface area contributed by atoms with E-state index in [4.69, 9.17) is 15.6 Å². The van der Waals surface area contributed by atoms with Gasteiger partial charge in [0.1, 0.15) is 5.60 Å². The number of ether oxygens (including phenoxy) is 1. The van der Waals surface area contributed by atoms with Crippen molar-refractivity contribution in [1.29, 1.82) is 0 Å². The minimum Gasteiger partial charge on any atom is -0.481 e. The van der Waals surface area contributed by atoms with Gasteiger partial charge >= 0.3 is 12.1 Å². The van der Waals surface area contributed by atoms with Gasteiger partial charge in [0.15, 0.2) is 0 Å². The summed E-state index contributed by atoms with van der Waals surface area (Å²) in [5.41, 5.74) is 4.89. The molecule has 6 nitrogen and oxygen atoms in total. The van der Waals surface area contributed by atoms with Gasteiger partial charge in [-0.25, -0.2) is 4.79 Å². The van der Waals surface area contributed by atoms with Crippen LogP contribution in [0.3, 0.4) is 0 Å². The molecule has 0 aromatic heterocycles. The van der Waals surface area contributed by atoms with Gasteiger partial charge < -0.3 is 20.9 Å². The summed E-state index contributed by atoms with van der Waals surface area (Å²) in [5, 5.41) is 11.5. The van der Waals surface area contributed by atoms with Crippen molar-refractivity contribution in [3.8, 4) is 0 Å². The van der Waals surface area contributed by atoms with Crippen molar-refractivity contribution in [2.45, 2.75) is 57.6 Å². The van der Waals surface area contributed by atoms with Crippen LogP contribution in [-0.4, -0.2) is 34.9 Å². The number of carboxylic acids is 1. The molecule has 0 saturated heterocycles. The smallest absolute Gasteiger partial charge is 0.407 e. The van der Waals surface area contributed by atoms with Crippen molar-refractivity contribution in [2.24, 2.45) is 11.7 Å². The first kappa shape index (κ1) is 15.8. The van der Waals surface area contributed by atoms with E-state index in [-0.39, 0.29) is 12.3 Å². The molecule has 2 atom stereocenters. The Morgan fingerprint density at radius 1 is 1.47 bits per heavy atom. The first-order chi connectivity index (χ1) is 8.60. The zero-order valence-electron chi connectivity index (χ0n) is 11.9. The fourth-order valence-electron chi connectivity index (χ4n) is 2.45.